The largest absolute Gasteiger partial charge is 0.343 e. The molecule has 3 rings (SSSR count). The standard InChI is InChI=1S/C20H28F2N2O/c21-18-8-7-16(14-19(18)22)5-6-17-4-3-10-23(15-17)13-9-20(25)24-11-1-2-12-24/h7-8,14,17H,1-6,9-13,15H2. The van der Waals surface area contributed by atoms with E-state index in [4.69, 9.17) is 0 Å². The van der Waals surface area contributed by atoms with Gasteiger partial charge >= 0.3 is 0 Å². The van der Waals surface area contributed by atoms with E-state index in [0.29, 0.717) is 18.2 Å². The molecular weight excluding hydrogens is 322 g/mol. The lowest BCUT2D eigenvalue weighted by molar-refractivity contribution is -0.130. The molecule has 0 radical (unpaired) electrons. The summed E-state index contributed by atoms with van der Waals surface area (Å²) < 4.78 is 26.3. The fourth-order valence-electron chi connectivity index (χ4n) is 4.03. The average molecular weight is 350 g/mol. The molecule has 138 valence electrons. The molecule has 2 fully saturated rings. The van der Waals surface area contributed by atoms with Crippen molar-refractivity contribution >= 4 is 5.91 Å². The first-order chi connectivity index (χ1) is 12.1. The van der Waals surface area contributed by atoms with E-state index in [1.54, 1.807) is 6.07 Å². The Balaban J connectivity index is 1.41. The number of aryl methyl sites for hydroxylation is 1. The van der Waals surface area contributed by atoms with E-state index < -0.39 is 11.6 Å². The van der Waals surface area contributed by atoms with Crippen LogP contribution >= 0.6 is 0 Å². The van der Waals surface area contributed by atoms with Crippen molar-refractivity contribution in [2.45, 2.75) is 44.9 Å². The Morgan fingerprint density at radius 3 is 2.64 bits per heavy atom. The van der Waals surface area contributed by atoms with Crippen molar-refractivity contribution in [3.63, 3.8) is 0 Å². The van der Waals surface area contributed by atoms with Crippen LogP contribution in [0.5, 0.6) is 0 Å². The summed E-state index contributed by atoms with van der Waals surface area (Å²) in [4.78, 5) is 16.6. The first-order valence-corrected chi connectivity index (χ1v) is 9.56. The van der Waals surface area contributed by atoms with Crippen LogP contribution in [0.2, 0.25) is 0 Å². The van der Waals surface area contributed by atoms with Crippen LogP contribution in [0.4, 0.5) is 8.78 Å². The van der Waals surface area contributed by atoms with E-state index in [0.717, 1.165) is 70.4 Å². The zero-order valence-corrected chi connectivity index (χ0v) is 14.9. The van der Waals surface area contributed by atoms with E-state index in [1.165, 1.54) is 18.6 Å². The van der Waals surface area contributed by atoms with Crippen LogP contribution in [0.3, 0.4) is 0 Å². The molecule has 0 saturated carbocycles. The van der Waals surface area contributed by atoms with Crippen LogP contribution in [0.15, 0.2) is 18.2 Å². The lowest BCUT2D eigenvalue weighted by Gasteiger charge is -2.33. The normalized spacial score (nSPS) is 21.7. The molecule has 2 aliphatic heterocycles. The van der Waals surface area contributed by atoms with E-state index in [1.807, 2.05) is 4.90 Å². The van der Waals surface area contributed by atoms with Gasteiger partial charge in [0.1, 0.15) is 0 Å². The highest BCUT2D eigenvalue weighted by Crippen LogP contribution is 2.22. The molecule has 25 heavy (non-hydrogen) atoms. The summed E-state index contributed by atoms with van der Waals surface area (Å²) in [5.74, 6) is -0.677. The molecule has 0 aliphatic carbocycles. The first-order valence-electron chi connectivity index (χ1n) is 9.56. The Hall–Kier alpha value is -1.49. The number of carbonyl (C=O) groups is 1. The van der Waals surface area contributed by atoms with Gasteiger partial charge in [-0.3, -0.25) is 4.79 Å². The van der Waals surface area contributed by atoms with Gasteiger partial charge in [-0.1, -0.05) is 6.07 Å². The minimum absolute atomic E-state index is 0.293. The van der Waals surface area contributed by atoms with E-state index >= 15 is 0 Å². The summed E-state index contributed by atoms with van der Waals surface area (Å²) in [5.41, 5.74) is 0.861. The minimum Gasteiger partial charge on any atom is -0.343 e. The van der Waals surface area contributed by atoms with E-state index in [9.17, 15) is 13.6 Å². The number of hydrogen-bond donors (Lipinski definition) is 0. The quantitative estimate of drug-likeness (QED) is 0.782. The van der Waals surface area contributed by atoms with Crippen LogP contribution in [0, 0.1) is 17.6 Å². The second-order valence-corrected chi connectivity index (χ2v) is 7.43. The monoisotopic (exact) mass is 350 g/mol. The van der Waals surface area contributed by atoms with Gasteiger partial charge in [0, 0.05) is 32.6 Å². The Morgan fingerprint density at radius 1 is 1.08 bits per heavy atom. The molecule has 5 heteroatoms. The smallest absolute Gasteiger partial charge is 0.223 e. The van der Waals surface area contributed by atoms with Crippen molar-refractivity contribution in [2.24, 2.45) is 5.92 Å². The van der Waals surface area contributed by atoms with Crippen molar-refractivity contribution < 1.29 is 13.6 Å². The number of piperidine rings is 1. The highest BCUT2D eigenvalue weighted by atomic mass is 19.2. The Labute approximate surface area is 149 Å². The number of carbonyl (C=O) groups excluding carboxylic acids is 1. The highest BCUT2D eigenvalue weighted by Gasteiger charge is 2.22. The van der Waals surface area contributed by atoms with Crippen molar-refractivity contribution in [1.82, 2.24) is 9.80 Å². The maximum atomic E-state index is 13.3. The van der Waals surface area contributed by atoms with Crippen molar-refractivity contribution in [3.8, 4) is 0 Å². The fraction of sp³-hybridized carbons (Fsp3) is 0.650. The Morgan fingerprint density at radius 2 is 1.88 bits per heavy atom. The van der Waals surface area contributed by atoms with Gasteiger partial charge in [0.05, 0.1) is 0 Å². The van der Waals surface area contributed by atoms with Gasteiger partial charge in [-0.05, 0) is 68.7 Å². The lowest BCUT2D eigenvalue weighted by atomic mass is 9.91. The summed E-state index contributed by atoms with van der Waals surface area (Å²) in [6, 6.07) is 4.19. The fourth-order valence-corrected chi connectivity index (χ4v) is 4.03. The number of amides is 1. The predicted octanol–water partition coefficient (Wildman–Crippen LogP) is 3.62. The maximum absolute atomic E-state index is 13.3. The molecule has 1 unspecified atom stereocenters. The molecule has 0 aromatic heterocycles. The number of nitrogens with zero attached hydrogens (tertiary/aromatic N) is 2. The van der Waals surface area contributed by atoms with Crippen molar-refractivity contribution in [1.29, 1.82) is 0 Å². The zero-order chi connectivity index (χ0) is 17.6. The number of halogens is 2. The Kier molecular flexibility index (Phi) is 6.40. The topological polar surface area (TPSA) is 23.6 Å². The number of likely N-dealkylation sites (tertiary alicyclic amines) is 2. The molecule has 2 aliphatic rings. The number of hydrogen-bond acceptors (Lipinski definition) is 2. The van der Waals surface area contributed by atoms with Gasteiger partial charge < -0.3 is 9.80 Å². The van der Waals surface area contributed by atoms with Gasteiger partial charge in [-0.15, -0.1) is 0 Å². The molecule has 0 spiro atoms. The second-order valence-electron chi connectivity index (χ2n) is 7.43. The van der Waals surface area contributed by atoms with Gasteiger partial charge in [-0.25, -0.2) is 8.78 Å². The second kappa shape index (κ2) is 8.75. The number of benzene rings is 1. The molecule has 0 N–H and O–H groups in total. The minimum atomic E-state index is -0.782. The van der Waals surface area contributed by atoms with E-state index in [2.05, 4.69) is 4.90 Å². The molecule has 1 amide bonds. The molecule has 3 nitrogen and oxygen atoms in total. The summed E-state index contributed by atoms with van der Waals surface area (Å²) in [6.07, 6.45) is 7.00. The third kappa shape index (κ3) is 5.24. The van der Waals surface area contributed by atoms with Gasteiger partial charge in [0.15, 0.2) is 11.6 Å². The van der Waals surface area contributed by atoms with Gasteiger partial charge in [0.2, 0.25) is 5.91 Å². The summed E-state index contributed by atoms with van der Waals surface area (Å²) >= 11 is 0. The van der Waals surface area contributed by atoms with Crippen LogP contribution < -0.4 is 0 Å². The Bertz CT molecular complexity index is 587. The molecule has 0 bridgehead atoms. The van der Waals surface area contributed by atoms with Gasteiger partial charge in [0.25, 0.3) is 0 Å². The van der Waals surface area contributed by atoms with Gasteiger partial charge in [-0.2, -0.15) is 0 Å². The molecule has 2 heterocycles. The highest BCUT2D eigenvalue weighted by molar-refractivity contribution is 5.76. The predicted molar refractivity (Wildman–Crippen MR) is 94.3 cm³/mol. The molecule has 1 aromatic carbocycles. The average Bonchev–Trinajstić information content (AvgIpc) is 3.16. The van der Waals surface area contributed by atoms with Crippen molar-refractivity contribution in [2.75, 3.05) is 32.7 Å². The summed E-state index contributed by atoms with van der Waals surface area (Å²) in [7, 11) is 0. The van der Waals surface area contributed by atoms with Crippen LogP contribution in [-0.2, 0) is 11.2 Å². The zero-order valence-electron chi connectivity index (χ0n) is 14.9. The van der Waals surface area contributed by atoms with E-state index in [-0.39, 0.29) is 0 Å². The third-order valence-electron chi connectivity index (χ3n) is 5.53. The summed E-state index contributed by atoms with van der Waals surface area (Å²) in [6.45, 7) is 4.77. The molecule has 2 saturated heterocycles. The van der Waals surface area contributed by atoms with Crippen LogP contribution in [0.1, 0.15) is 44.1 Å². The molecule has 1 atom stereocenters. The first kappa shape index (κ1) is 18.3. The lowest BCUT2D eigenvalue weighted by Crippen LogP contribution is -2.38. The SMILES string of the molecule is O=C(CCN1CCCC(CCc2ccc(F)c(F)c2)C1)N1CCCC1. The summed E-state index contributed by atoms with van der Waals surface area (Å²) in [5, 5.41) is 0. The maximum Gasteiger partial charge on any atom is 0.223 e. The molecular formula is C20H28F2N2O. The third-order valence-corrected chi connectivity index (χ3v) is 5.53. The molecule has 1 aromatic rings. The van der Waals surface area contributed by atoms with Crippen molar-refractivity contribution in [3.05, 3.63) is 35.4 Å². The van der Waals surface area contributed by atoms with Crippen LogP contribution in [-0.4, -0.2) is 48.4 Å². The van der Waals surface area contributed by atoms with Crippen LogP contribution in [0.25, 0.3) is 0 Å². The number of rotatable bonds is 6.